The molecule has 0 saturated carbocycles. The molecular formula is C13H9F2IO. The molecule has 0 bridgehead atoms. The van der Waals surface area contributed by atoms with Crippen molar-refractivity contribution in [3.05, 3.63) is 63.2 Å². The van der Waals surface area contributed by atoms with E-state index in [9.17, 15) is 8.78 Å². The van der Waals surface area contributed by atoms with Gasteiger partial charge < -0.3 is 4.74 Å². The van der Waals surface area contributed by atoms with Crippen molar-refractivity contribution in [2.24, 2.45) is 0 Å². The van der Waals surface area contributed by atoms with E-state index in [-0.39, 0.29) is 12.2 Å². The summed E-state index contributed by atoms with van der Waals surface area (Å²) in [4.78, 5) is 0. The molecule has 0 radical (unpaired) electrons. The summed E-state index contributed by atoms with van der Waals surface area (Å²) in [5.41, 5.74) is -0.0500. The minimum Gasteiger partial charge on any atom is -0.489 e. The number of hydrogen-bond donors (Lipinski definition) is 0. The average Bonchev–Trinajstić information content (AvgIpc) is 2.31. The smallest absolute Gasteiger partial charge is 0.132 e. The number of rotatable bonds is 3. The van der Waals surface area contributed by atoms with Gasteiger partial charge in [0.15, 0.2) is 0 Å². The van der Waals surface area contributed by atoms with Crippen LogP contribution in [0.4, 0.5) is 8.78 Å². The Morgan fingerprint density at radius 1 is 0.941 bits per heavy atom. The van der Waals surface area contributed by atoms with Gasteiger partial charge >= 0.3 is 0 Å². The summed E-state index contributed by atoms with van der Waals surface area (Å²) in [5, 5.41) is 0. The van der Waals surface area contributed by atoms with E-state index >= 15 is 0 Å². The third kappa shape index (κ3) is 3.15. The van der Waals surface area contributed by atoms with Gasteiger partial charge in [-0.05, 0) is 59.0 Å². The number of halogens is 3. The van der Waals surface area contributed by atoms with Crippen LogP contribution in [0, 0.1) is 15.2 Å². The Bertz CT molecular complexity index is 491. The number of benzene rings is 2. The second-order valence-electron chi connectivity index (χ2n) is 3.44. The number of ether oxygens (including phenoxy) is 1. The molecule has 2 aromatic carbocycles. The molecule has 0 aliphatic rings. The summed E-state index contributed by atoms with van der Waals surface area (Å²) in [7, 11) is 0. The largest absolute Gasteiger partial charge is 0.489 e. The molecular weight excluding hydrogens is 337 g/mol. The molecule has 4 heteroatoms. The zero-order valence-corrected chi connectivity index (χ0v) is 10.9. The highest BCUT2D eigenvalue weighted by Crippen LogP contribution is 2.18. The highest BCUT2D eigenvalue weighted by molar-refractivity contribution is 14.1. The van der Waals surface area contributed by atoms with Gasteiger partial charge in [-0.15, -0.1) is 0 Å². The van der Waals surface area contributed by atoms with Crippen molar-refractivity contribution in [1.82, 2.24) is 0 Å². The molecule has 2 rings (SSSR count). The lowest BCUT2D eigenvalue weighted by atomic mass is 10.2. The van der Waals surface area contributed by atoms with Gasteiger partial charge in [0.1, 0.15) is 24.0 Å². The first-order valence-electron chi connectivity index (χ1n) is 4.98. The van der Waals surface area contributed by atoms with E-state index in [2.05, 4.69) is 22.6 Å². The second-order valence-corrected chi connectivity index (χ2v) is 4.69. The SMILES string of the molecule is Fc1cccc(F)c1COc1ccc(I)cc1. The first-order valence-corrected chi connectivity index (χ1v) is 6.06. The first kappa shape index (κ1) is 12.3. The Kier molecular flexibility index (Phi) is 3.93. The van der Waals surface area contributed by atoms with E-state index in [4.69, 9.17) is 4.74 Å². The van der Waals surface area contributed by atoms with E-state index in [0.29, 0.717) is 5.75 Å². The third-order valence-corrected chi connectivity index (χ3v) is 2.98. The van der Waals surface area contributed by atoms with Crippen LogP contribution in [0.1, 0.15) is 5.56 Å². The van der Waals surface area contributed by atoms with Crippen molar-refractivity contribution in [2.45, 2.75) is 6.61 Å². The topological polar surface area (TPSA) is 9.23 Å². The van der Waals surface area contributed by atoms with Crippen LogP contribution >= 0.6 is 22.6 Å². The monoisotopic (exact) mass is 346 g/mol. The van der Waals surface area contributed by atoms with Crippen LogP contribution in [0.25, 0.3) is 0 Å². The minimum atomic E-state index is -0.587. The molecule has 0 fully saturated rings. The molecule has 0 amide bonds. The lowest BCUT2D eigenvalue weighted by Gasteiger charge is -2.08. The van der Waals surface area contributed by atoms with Crippen molar-refractivity contribution in [2.75, 3.05) is 0 Å². The molecule has 0 N–H and O–H groups in total. The summed E-state index contributed by atoms with van der Waals surface area (Å²) in [6, 6.07) is 11.0. The summed E-state index contributed by atoms with van der Waals surface area (Å²) < 4.78 is 33.0. The molecule has 88 valence electrons. The molecule has 1 nitrogen and oxygen atoms in total. The molecule has 0 spiro atoms. The van der Waals surface area contributed by atoms with Crippen molar-refractivity contribution >= 4 is 22.6 Å². The van der Waals surface area contributed by atoms with E-state index in [1.54, 1.807) is 12.1 Å². The van der Waals surface area contributed by atoms with Crippen LogP contribution in [-0.4, -0.2) is 0 Å². The Balaban J connectivity index is 2.10. The summed E-state index contributed by atoms with van der Waals surface area (Å²) in [6.45, 7) is -0.112. The van der Waals surface area contributed by atoms with Gasteiger partial charge in [-0.1, -0.05) is 6.07 Å². The lowest BCUT2D eigenvalue weighted by Crippen LogP contribution is -2.01. The highest BCUT2D eigenvalue weighted by atomic mass is 127. The fraction of sp³-hybridized carbons (Fsp3) is 0.0769. The Morgan fingerprint density at radius 3 is 2.12 bits per heavy atom. The van der Waals surface area contributed by atoms with Gasteiger partial charge in [0.25, 0.3) is 0 Å². The maximum absolute atomic E-state index is 13.3. The molecule has 0 heterocycles. The molecule has 0 atom stereocenters. The van der Waals surface area contributed by atoms with E-state index < -0.39 is 11.6 Å². The standard InChI is InChI=1S/C13H9F2IO/c14-12-2-1-3-13(15)11(12)8-17-10-6-4-9(16)5-7-10/h1-7H,8H2. The number of hydrogen-bond acceptors (Lipinski definition) is 1. The van der Waals surface area contributed by atoms with Gasteiger partial charge in [0.2, 0.25) is 0 Å². The normalized spacial score (nSPS) is 10.3. The highest BCUT2D eigenvalue weighted by Gasteiger charge is 2.08. The molecule has 0 aliphatic heterocycles. The van der Waals surface area contributed by atoms with Crippen molar-refractivity contribution in [3.8, 4) is 5.75 Å². The zero-order valence-electron chi connectivity index (χ0n) is 8.79. The minimum absolute atomic E-state index is 0.0500. The van der Waals surface area contributed by atoms with Crippen LogP contribution in [0.2, 0.25) is 0 Å². The van der Waals surface area contributed by atoms with Gasteiger partial charge in [0.05, 0.1) is 5.56 Å². The first-order chi connectivity index (χ1) is 8.16. The van der Waals surface area contributed by atoms with Gasteiger partial charge in [-0.25, -0.2) is 8.78 Å². The predicted octanol–water partition coefficient (Wildman–Crippen LogP) is 4.15. The van der Waals surface area contributed by atoms with Gasteiger partial charge in [-0.2, -0.15) is 0 Å². The zero-order chi connectivity index (χ0) is 12.3. The van der Waals surface area contributed by atoms with E-state index in [1.165, 1.54) is 18.2 Å². The molecule has 0 aliphatic carbocycles. The Hall–Kier alpha value is -1.17. The maximum Gasteiger partial charge on any atom is 0.132 e. The lowest BCUT2D eigenvalue weighted by molar-refractivity contribution is 0.292. The Labute approximate surface area is 112 Å². The summed E-state index contributed by atoms with van der Waals surface area (Å²) >= 11 is 2.17. The van der Waals surface area contributed by atoms with Crippen LogP contribution in [0.15, 0.2) is 42.5 Å². The Morgan fingerprint density at radius 2 is 1.53 bits per heavy atom. The maximum atomic E-state index is 13.3. The van der Waals surface area contributed by atoms with Crippen molar-refractivity contribution in [1.29, 1.82) is 0 Å². The summed E-state index contributed by atoms with van der Waals surface area (Å²) in [5.74, 6) is -0.584. The van der Waals surface area contributed by atoms with Gasteiger partial charge in [0, 0.05) is 3.57 Å². The molecule has 0 unspecified atom stereocenters. The average molecular weight is 346 g/mol. The van der Waals surface area contributed by atoms with E-state index in [0.717, 1.165) is 3.57 Å². The van der Waals surface area contributed by atoms with E-state index in [1.807, 2.05) is 12.1 Å². The molecule has 0 aromatic heterocycles. The third-order valence-electron chi connectivity index (χ3n) is 2.26. The molecule has 0 saturated heterocycles. The second kappa shape index (κ2) is 5.44. The molecule has 17 heavy (non-hydrogen) atoms. The summed E-state index contributed by atoms with van der Waals surface area (Å²) in [6.07, 6.45) is 0. The fourth-order valence-electron chi connectivity index (χ4n) is 1.36. The van der Waals surface area contributed by atoms with Crippen molar-refractivity contribution < 1.29 is 13.5 Å². The fourth-order valence-corrected chi connectivity index (χ4v) is 1.72. The van der Waals surface area contributed by atoms with Crippen LogP contribution in [0.3, 0.4) is 0 Å². The quantitative estimate of drug-likeness (QED) is 0.759. The molecule has 2 aromatic rings. The van der Waals surface area contributed by atoms with Crippen LogP contribution in [0.5, 0.6) is 5.75 Å². The van der Waals surface area contributed by atoms with Crippen molar-refractivity contribution in [3.63, 3.8) is 0 Å². The predicted molar refractivity (Wildman–Crippen MR) is 69.8 cm³/mol. The van der Waals surface area contributed by atoms with Gasteiger partial charge in [-0.3, -0.25) is 0 Å². The van der Waals surface area contributed by atoms with Crippen LogP contribution < -0.4 is 4.74 Å². The van der Waals surface area contributed by atoms with Crippen LogP contribution in [-0.2, 0) is 6.61 Å².